The zero-order chi connectivity index (χ0) is 15.2. The molecule has 0 saturated carbocycles. The Bertz CT molecular complexity index is 574. The number of hydrogen-bond donors (Lipinski definition) is 0. The Morgan fingerprint density at radius 1 is 1.14 bits per heavy atom. The Morgan fingerprint density at radius 2 is 1.86 bits per heavy atom. The van der Waals surface area contributed by atoms with Crippen LogP contribution in [0.1, 0.15) is 5.56 Å². The van der Waals surface area contributed by atoms with Crippen molar-refractivity contribution in [3.8, 4) is 5.75 Å². The predicted molar refractivity (Wildman–Crippen MR) is 84.9 cm³/mol. The standard InChI is InChI=1S/C17H19BFNO/c1-20(2)14(10-13-6-4-3-5-7-13)12-21-15-8-9-16(18)17(19)11-15/h3-9,11,14H,10,12H2,1-2H3/t14-/m1/s1. The third-order valence-corrected chi connectivity index (χ3v) is 3.46. The highest BCUT2D eigenvalue weighted by atomic mass is 19.1. The molecule has 0 bridgehead atoms. The molecule has 4 heteroatoms. The molecule has 2 aromatic rings. The van der Waals surface area contributed by atoms with Gasteiger partial charge in [0.05, 0.1) is 0 Å². The van der Waals surface area contributed by atoms with Gasteiger partial charge in [0.1, 0.15) is 26.0 Å². The van der Waals surface area contributed by atoms with Gasteiger partial charge in [0.15, 0.2) is 0 Å². The molecule has 0 spiro atoms. The van der Waals surface area contributed by atoms with Crippen LogP contribution in [0.2, 0.25) is 0 Å². The average Bonchev–Trinajstić information content (AvgIpc) is 2.47. The predicted octanol–water partition coefficient (Wildman–Crippen LogP) is 2.17. The van der Waals surface area contributed by atoms with Crippen LogP contribution in [0.15, 0.2) is 48.5 Å². The first-order valence-corrected chi connectivity index (χ1v) is 6.94. The normalized spacial score (nSPS) is 12.4. The van der Waals surface area contributed by atoms with E-state index < -0.39 is 5.82 Å². The summed E-state index contributed by atoms with van der Waals surface area (Å²) in [6.45, 7) is 0.491. The van der Waals surface area contributed by atoms with Crippen LogP contribution < -0.4 is 10.2 Å². The van der Waals surface area contributed by atoms with Gasteiger partial charge < -0.3 is 9.64 Å². The van der Waals surface area contributed by atoms with Crippen molar-refractivity contribution < 1.29 is 9.13 Å². The van der Waals surface area contributed by atoms with E-state index >= 15 is 0 Å². The summed E-state index contributed by atoms with van der Waals surface area (Å²) in [7, 11) is 9.49. The van der Waals surface area contributed by atoms with Crippen LogP contribution in [0.5, 0.6) is 5.75 Å². The highest BCUT2D eigenvalue weighted by Crippen LogP contribution is 2.13. The maximum atomic E-state index is 13.4. The van der Waals surface area contributed by atoms with Crippen molar-refractivity contribution in [2.75, 3.05) is 20.7 Å². The lowest BCUT2D eigenvalue weighted by atomic mass is 9.96. The van der Waals surface area contributed by atoms with E-state index in [1.807, 2.05) is 32.3 Å². The Morgan fingerprint density at radius 3 is 2.48 bits per heavy atom. The fraction of sp³-hybridized carbons (Fsp3) is 0.294. The molecule has 2 nitrogen and oxygen atoms in total. The quantitative estimate of drug-likeness (QED) is 0.753. The molecule has 2 rings (SSSR count). The summed E-state index contributed by atoms with van der Waals surface area (Å²) in [5.74, 6) is 0.0542. The number of halogens is 1. The van der Waals surface area contributed by atoms with E-state index in [0.29, 0.717) is 12.4 Å². The topological polar surface area (TPSA) is 12.5 Å². The van der Waals surface area contributed by atoms with E-state index in [0.717, 1.165) is 6.42 Å². The molecule has 0 saturated heterocycles. The van der Waals surface area contributed by atoms with Crippen LogP contribution in [-0.2, 0) is 6.42 Å². The zero-order valence-corrected chi connectivity index (χ0v) is 12.4. The fourth-order valence-corrected chi connectivity index (χ4v) is 2.07. The van der Waals surface area contributed by atoms with E-state index in [9.17, 15) is 4.39 Å². The molecule has 0 aromatic heterocycles. The highest BCUT2D eigenvalue weighted by molar-refractivity contribution is 6.32. The van der Waals surface area contributed by atoms with Gasteiger partial charge >= 0.3 is 0 Å². The Kier molecular flexibility index (Phi) is 5.40. The number of benzene rings is 2. The van der Waals surface area contributed by atoms with Gasteiger partial charge in [-0.1, -0.05) is 41.9 Å². The van der Waals surface area contributed by atoms with E-state index in [4.69, 9.17) is 12.6 Å². The molecule has 0 fully saturated rings. The molecule has 0 aliphatic heterocycles. The van der Waals surface area contributed by atoms with Crippen LogP contribution >= 0.6 is 0 Å². The zero-order valence-electron chi connectivity index (χ0n) is 12.4. The second kappa shape index (κ2) is 7.27. The van der Waals surface area contributed by atoms with Crippen LogP contribution in [-0.4, -0.2) is 39.5 Å². The largest absolute Gasteiger partial charge is 0.492 e. The molecule has 0 heterocycles. The molecule has 108 valence electrons. The third-order valence-electron chi connectivity index (χ3n) is 3.46. The molecule has 2 aromatic carbocycles. The molecular formula is C17H19BFNO. The number of rotatable bonds is 6. The van der Waals surface area contributed by atoms with Gasteiger partial charge in [-0.3, -0.25) is 0 Å². The first-order valence-electron chi connectivity index (χ1n) is 6.94. The molecule has 1 atom stereocenters. The van der Waals surface area contributed by atoms with Crippen LogP contribution in [0, 0.1) is 5.82 Å². The van der Waals surface area contributed by atoms with Crippen LogP contribution in [0.25, 0.3) is 0 Å². The SMILES string of the molecule is [B]c1ccc(OC[C@@H](Cc2ccccc2)N(C)C)cc1F. The van der Waals surface area contributed by atoms with Crippen LogP contribution in [0.3, 0.4) is 0 Å². The smallest absolute Gasteiger partial charge is 0.122 e. The summed E-state index contributed by atoms with van der Waals surface area (Å²) in [5, 5.41) is 0. The minimum absolute atomic E-state index is 0.135. The second-order valence-electron chi connectivity index (χ2n) is 5.30. The first kappa shape index (κ1) is 15.6. The molecule has 0 aliphatic carbocycles. The number of ether oxygens (including phenoxy) is 1. The minimum atomic E-state index is -0.447. The molecule has 2 radical (unpaired) electrons. The van der Waals surface area contributed by atoms with Gasteiger partial charge in [-0.15, -0.1) is 0 Å². The van der Waals surface area contributed by atoms with Gasteiger partial charge in [0, 0.05) is 12.1 Å². The summed E-state index contributed by atoms with van der Waals surface area (Å²) in [4.78, 5) is 2.11. The van der Waals surface area contributed by atoms with Crippen molar-refractivity contribution in [3.05, 3.63) is 59.9 Å². The number of likely N-dealkylation sites (N-methyl/N-ethyl adjacent to an activating group) is 1. The minimum Gasteiger partial charge on any atom is -0.492 e. The van der Waals surface area contributed by atoms with E-state index in [2.05, 4.69) is 17.0 Å². The fourth-order valence-electron chi connectivity index (χ4n) is 2.07. The van der Waals surface area contributed by atoms with Crippen molar-refractivity contribution in [2.45, 2.75) is 12.5 Å². The molecule has 0 aliphatic rings. The van der Waals surface area contributed by atoms with Crippen molar-refractivity contribution in [3.63, 3.8) is 0 Å². The van der Waals surface area contributed by atoms with Gasteiger partial charge in [0.2, 0.25) is 0 Å². The summed E-state index contributed by atoms with van der Waals surface area (Å²) in [5.41, 5.74) is 1.39. The summed E-state index contributed by atoms with van der Waals surface area (Å²) in [6, 6.07) is 15.0. The Labute approximate surface area is 127 Å². The van der Waals surface area contributed by atoms with Crippen LogP contribution in [0.4, 0.5) is 4.39 Å². The lowest BCUT2D eigenvalue weighted by Crippen LogP contribution is -2.35. The highest BCUT2D eigenvalue weighted by Gasteiger charge is 2.13. The van der Waals surface area contributed by atoms with Gasteiger partial charge in [-0.25, -0.2) is 4.39 Å². The molecule has 0 unspecified atom stereocenters. The second-order valence-corrected chi connectivity index (χ2v) is 5.30. The monoisotopic (exact) mass is 283 g/mol. The van der Waals surface area contributed by atoms with Crippen molar-refractivity contribution in [1.82, 2.24) is 4.90 Å². The molecule has 0 N–H and O–H groups in total. The van der Waals surface area contributed by atoms with Crippen molar-refractivity contribution >= 4 is 13.3 Å². The average molecular weight is 283 g/mol. The molecular weight excluding hydrogens is 264 g/mol. The van der Waals surface area contributed by atoms with Gasteiger partial charge in [-0.05, 0) is 32.1 Å². The first-order chi connectivity index (χ1) is 10.1. The Balaban J connectivity index is 1.98. The maximum absolute atomic E-state index is 13.4. The summed E-state index contributed by atoms with van der Waals surface area (Å²) >= 11 is 0. The third kappa shape index (κ3) is 4.60. The van der Waals surface area contributed by atoms with Gasteiger partial charge in [-0.2, -0.15) is 0 Å². The lowest BCUT2D eigenvalue weighted by molar-refractivity contribution is 0.184. The van der Waals surface area contributed by atoms with E-state index in [1.165, 1.54) is 17.7 Å². The lowest BCUT2D eigenvalue weighted by Gasteiger charge is -2.24. The maximum Gasteiger partial charge on any atom is 0.122 e. The van der Waals surface area contributed by atoms with E-state index in [-0.39, 0.29) is 11.5 Å². The number of hydrogen-bond acceptors (Lipinski definition) is 2. The van der Waals surface area contributed by atoms with Gasteiger partial charge in [0.25, 0.3) is 0 Å². The summed E-state index contributed by atoms with van der Waals surface area (Å²) in [6.07, 6.45) is 0.880. The van der Waals surface area contributed by atoms with Crippen molar-refractivity contribution in [2.24, 2.45) is 0 Å². The number of nitrogens with zero attached hydrogens (tertiary/aromatic N) is 1. The molecule has 21 heavy (non-hydrogen) atoms. The summed E-state index contributed by atoms with van der Waals surface area (Å²) < 4.78 is 19.1. The Hall–Kier alpha value is -1.81. The van der Waals surface area contributed by atoms with E-state index in [1.54, 1.807) is 6.07 Å². The molecule has 0 amide bonds. The van der Waals surface area contributed by atoms with Crippen molar-refractivity contribution in [1.29, 1.82) is 0 Å².